The lowest BCUT2D eigenvalue weighted by atomic mass is 9.90. The van der Waals surface area contributed by atoms with Crippen molar-refractivity contribution in [3.63, 3.8) is 0 Å². The average Bonchev–Trinajstić information content (AvgIpc) is 2.25. The van der Waals surface area contributed by atoms with Crippen molar-refractivity contribution >= 4 is 5.97 Å². The molecule has 0 fully saturated rings. The largest absolute Gasteiger partial charge is 0.463 e. The molecule has 0 saturated carbocycles. The van der Waals surface area contributed by atoms with Gasteiger partial charge in [-0.2, -0.15) is 13.2 Å². The molecule has 0 heterocycles. The molecule has 6 heteroatoms. The number of carbonyl (C=O) groups excluding carboxylic acids is 1. The molecule has 0 amide bonds. The summed E-state index contributed by atoms with van der Waals surface area (Å²) in [5.74, 6) is -1.72. The van der Waals surface area contributed by atoms with E-state index < -0.39 is 23.3 Å². The van der Waals surface area contributed by atoms with Crippen molar-refractivity contribution in [1.82, 2.24) is 0 Å². The van der Waals surface area contributed by atoms with Gasteiger partial charge in [-0.05, 0) is 20.8 Å². The van der Waals surface area contributed by atoms with Gasteiger partial charge in [-0.3, -0.25) is 0 Å². The van der Waals surface area contributed by atoms with Crippen molar-refractivity contribution in [2.24, 2.45) is 0 Å². The van der Waals surface area contributed by atoms with Crippen LogP contribution in [-0.2, 0) is 15.1 Å². The molecule has 0 bridgehead atoms. The number of aryl methyl sites for hydroxylation is 2. The number of hydrogen-bond donors (Lipinski definition) is 1. The summed E-state index contributed by atoms with van der Waals surface area (Å²) in [7, 11) is 0. The lowest BCUT2D eigenvalue weighted by Crippen LogP contribution is -2.50. The van der Waals surface area contributed by atoms with Crippen LogP contribution in [0.1, 0.15) is 23.6 Å². The number of rotatable bonds is 3. The zero-order valence-corrected chi connectivity index (χ0v) is 10.8. The highest BCUT2D eigenvalue weighted by atomic mass is 19.4. The Bertz CT molecular complexity index is 462. The molecule has 0 aromatic heterocycles. The Morgan fingerprint density at radius 1 is 1.21 bits per heavy atom. The molecule has 19 heavy (non-hydrogen) atoms. The van der Waals surface area contributed by atoms with E-state index in [1.165, 1.54) is 6.92 Å². The molecule has 1 atom stereocenters. The molecule has 3 nitrogen and oxygen atoms in total. The van der Waals surface area contributed by atoms with Gasteiger partial charge in [0.1, 0.15) is 0 Å². The van der Waals surface area contributed by atoms with Crippen LogP contribution in [0.15, 0.2) is 18.2 Å². The minimum Gasteiger partial charge on any atom is -0.463 e. The predicted molar refractivity (Wildman–Crippen MR) is 62.5 cm³/mol. The first-order valence-electron chi connectivity index (χ1n) is 5.68. The van der Waals surface area contributed by atoms with E-state index in [4.69, 9.17) is 0 Å². The summed E-state index contributed by atoms with van der Waals surface area (Å²) < 4.78 is 43.6. The molecule has 1 rings (SSSR count). The summed E-state index contributed by atoms with van der Waals surface area (Å²) in [4.78, 5) is 11.5. The number of carbonyl (C=O) groups is 1. The Morgan fingerprint density at radius 2 is 1.68 bits per heavy atom. The third-order valence-electron chi connectivity index (χ3n) is 2.62. The molecule has 1 unspecified atom stereocenters. The minimum absolute atomic E-state index is 0.248. The third kappa shape index (κ3) is 2.89. The van der Waals surface area contributed by atoms with E-state index in [1.807, 2.05) is 0 Å². The standard InChI is InChI=1S/C13H15F3O3/c1-4-19-11(17)12(18,13(14,15)16)10-6-8(2)5-9(3)7-10/h5-7,18H,4H2,1-3H3. The molecule has 1 aromatic rings. The van der Waals surface area contributed by atoms with Crippen LogP contribution in [0.3, 0.4) is 0 Å². The number of aliphatic hydroxyl groups is 1. The van der Waals surface area contributed by atoms with Crippen LogP contribution in [0.25, 0.3) is 0 Å². The Labute approximate surface area is 109 Å². The fourth-order valence-corrected chi connectivity index (χ4v) is 1.82. The highest BCUT2D eigenvalue weighted by Gasteiger charge is 2.62. The van der Waals surface area contributed by atoms with Gasteiger partial charge in [-0.15, -0.1) is 0 Å². The van der Waals surface area contributed by atoms with E-state index in [9.17, 15) is 23.1 Å². The highest BCUT2D eigenvalue weighted by Crippen LogP contribution is 2.40. The fourth-order valence-electron chi connectivity index (χ4n) is 1.82. The van der Waals surface area contributed by atoms with E-state index in [0.29, 0.717) is 11.1 Å². The average molecular weight is 276 g/mol. The Hall–Kier alpha value is -1.56. The Balaban J connectivity index is 3.44. The maximum absolute atomic E-state index is 13.1. The van der Waals surface area contributed by atoms with Crippen molar-refractivity contribution < 1.29 is 27.8 Å². The number of benzene rings is 1. The third-order valence-corrected chi connectivity index (χ3v) is 2.62. The van der Waals surface area contributed by atoms with Crippen molar-refractivity contribution in [3.05, 3.63) is 34.9 Å². The van der Waals surface area contributed by atoms with Gasteiger partial charge in [-0.25, -0.2) is 4.79 Å². The van der Waals surface area contributed by atoms with Crippen molar-refractivity contribution in [3.8, 4) is 0 Å². The van der Waals surface area contributed by atoms with Crippen molar-refractivity contribution in [2.45, 2.75) is 32.5 Å². The predicted octanol–water partition coefficient (Wildman–Crippen LogP) is 2.62. The number of esters is 1. The van der Waals surface area contributed by atoms with Gasteiger partial charge in [0.2, 0.25) is 0 Å². The van der Waals surface area contributed by atoms with E-state index in [0.717, 1.165) is 12.1 Å². The molecule has 106 valence electrons. The van der Waals surface area contributed by atoms with Gasteiger partial charge in [0.05, 0.1) is 6.61 Å². The first-order valence-corrected chi connectivity index (χ1v) is 5.68. The normalized spacial score (nSPS) is 14.9. The van der Waals surface area contributed by atoms with E-state index in [1.54, 1.807) is 19.9 Å². The maximum Gasteiger partial charge on any atom is 0.432 e. The first kappa shape index (κ1) is 15.5. The molecular weight excluding hydrogens is 261 g/mol. The monoisotopic (exact) mass is 276 g/mol. The first-order chi connectivity index (χ1) is 8.62. The van der Waals surface area contributed by atoms with Crippen molar-refractivity contribution in [2.75, 3.05) is 6.61 Å². The second kappa shape index (κ2) is 5.21. The maximum atomic E-state index is 13.1. The molecule has 0 aliphatic heterocycles. The molecule has 0 spiro atoms. The van der Waals surface area contributed by atoms with E-state index in [-0.39, 0.29) is 6.61 Å². The van der Waals surface area contributed by atoms with Crippen LogP contribution in [0.5, 0.6) is 0 Å². The summed E-state index contributed by atoms with van der Waals surface area (Å²) in [5.41, 5.74) is -3.14. The summed E-state index contributed by atoms with van der Waals surface area (Å²) >= 11 is 0. The second-order valence-electron chi connectivity index (χ2n) is 4.31. The Morgan fingerprint density at radius 3 is 2.05 bits per heavy atom. The van der Waals surface area contributed by atoms with E-state index >= 15 is 0 Å². The minimum atomic E-state index is -5.15. The molecule has 1 aromatic carbocycles. The van der Waals surface area contributed by atoms with Crippen LogP contribution in [0, 0.1) is 13.8 Å². The van der Waals surface area contributed by atoms with Gasteiger partial charge in [0.25, 0.3) is 5.60 Å². The molecule has 0 saturated heterocycles. The van der Waals surface area contributed by atoms with Crippen LogP contribution in [0.2, 0.25) is 0 Å². The van der Waals surface area contributed by atoms with Crippen LogP contribution in [0.4, 0.5) is 13.2 Å². The van der Waals surface area contributed by atoms with Gasteiger partial charge >= 0.3 is 12.1 Å². The summed E-state index contributed by atoms with van der Waals surface area (Å²) in [6, 6.07) is 3.89. The second-order valence-corrected chi connectivity index (χ2v) is 4.31. The van der Waals surface area contributed by atoms with Gasteiger partial charge in [-0.1, -0.05) is 29.3 Å². The summed E-state index contributed by atoms with van der Waals surface area (Å²) in [6.07, 6.45) is -5.15. The number of alkyl halides is 3. The van der Waals surface area contributed by atoms with Gasteiger partial charge in [0.15, 0.2) is 0 Å². The van der Waals surface area contributed by atoms with Crippen LogP contribution < -0.4 is 0 Å². The number of ether oxygens (including phenoxy) is 1. The lowest BCUT2D eigenvalue weighted by Gasteiger charge is -2.29. The Kier molecular flexibility index (Phi) is 4.25. The smallest absolute Gasteiger partial charge is 0.432 e. The van der Waals surface area contributed by atoms with Crippen LogP contribution >= 0.6 is 0 Å². The molecular formula is C13H15F3O3. The summed E-state index contributed by atoms with van der Waals surface area (Å²) in [6.45, 7) is 4.29. The number of halogens is 3. The van der Waals surface area contributed by atoms with Crippen LogP contribution in [-0.4, -0.2) is 23.9 Å². The summed E-state index contributed by atoms with van der Waals surface area (Å²) in [5, 5.41) is 9.87. The SMILES string of the molecule is CCOC(=O)C(O)(c1cc(C)cc(C)c1)C(F)(F)F. The molecule has 0 aliphatic rings. The quantitative estimate of drug-likeness (QED) is 0.863. The topological polar surface area (TPSA) is 46.5 Å². The number of hydrogen-bond acceptors (Lipinski definition) is 3. The molecule has 0 aliphatic carbocycles. The zero-order chi connectivity index (χ0) is 14.8. The molecule has 1 N–H and O–H groups in total. The van der Waals surface area contributed by atoms with E-state index in [2.05, 4.69) is 4.74 Å². The zero-order valence-electron chi connectivity index (χ0n) is 10.8. The van der Waals surface area contributed by atoms with Gasteiger partial charge < -0.3 is 9.84 Å². The molecule has 0 radical (unpaired) electrons. The van der Waals surface area contributed by atoms with Gasteiger partial charge in [0, 0.05) is 5.56 Å². The lowest BCUT2D eigenvalue weighted by molar-refractivity contribution is -0.267. The van der Waals surface area contributed by atoms with Crippen molar-refractivity contribution in [1.29, 1.82) is 0 Å². The highest BCUT2D eigenvalue weighted by molar-refractivity contribution is 5.82. The fraction of sp³-hybridized carbons (Fsp3) is 0.462.